The molecular formula is C14H15ClN3O2. The maximum atomic E-state index is 6.21. The normalized spacial score (nSPS) is 26.0. The molecule has 1 saturated heterocycles. The summed E-state index contributed by atoms with van der Waals surface area (Å²) in [5, 5.41) is 4.78. The summed E-state index contributed by atoms with van der Waals surface area (Å²) in [7, 11) is 0. The van der Waals surface area contributed by atoms with Crippen molar-refractivity contribution >= 4 is 11.6 Å². The Balaban J connectivity index is 1.85. The Labute approximate surface area is 122 Å². The molecule has 1 aromatic heterocycles. The number of hydrogen-bond acceptors (Lipinski definition) is 4. The van der Waals surface area contributed by atoms with Crippen LogP contribution in [0, 0.1) is 6.07 Å². The molecule has 5 nitrogen and oxygen atoms in total. The summed E-state index contributed by atoms with van der Waals surface area (Å²) in [6, 6.07) is 8.47. The summed E-state index contributed by atoms with van der Waals surface area (Å²) in [4.78, 5) is 3.95. The van der Waals surface area contributed by atoms with Gasteiger partial charge in [0.1, 0.15) is 12.7 Å². The average Bonchev–Trinajstić information content (AvgIpc) is 3.04. The minimum absolute atomic E-state index is 0.0487. The quantitative estimate of drug-likeness (QED) is 0.866. The molecule has 2 atom stereocenters. The van der Waals surface area contributed by atoms with Gasteiger partial charge in [0.05, 0.1) is 19.3 Å². The highest BCUT2D eigenvalue weighted by atomic mass is 35.5. The summed E-state index contributed by atoms with van der Waals surface area (Å²) in [5.41, 5.74) is 0.972. The lowest BCUT2D eigenvalue weighted by atomic mass is 10.0. The van der Waals surface area contributed by atoms with Gasteiger partial charge in [-0.25, -0.2) is 9.67 Å². The molecule has 0 bridgehead atoms. The monoisotopic (exact) mass is 292 g/mol. The van der Waals surface area contributed by atoms with Crippen LogP contribution in [-0.2, 0) is 22.4 Å². The van der Waals surface area contributed by atoms with Gasteiger partial charge in [-0.15, -0.1) is 0 Å². The Bertz CT molecular complexity index is 576. The number of benzene rings is 1. The third-order valence-electron chi connectivity index (χ3n) is 3.22. The van der Waals surface area contributed by atoms with E-state index in [1.165, 1.54) is 6.33 Å². The topological polar surface area (TPSA) is 49.2 Å². The molecule has 0 amide bonds. The van der Waals surface area contributed by atoms with E-state index in [1.807, 2.05) is 19.1 Å². The van der Waals surface area contributed by atoms with Crippen LogP contribution >= 0.6 is 11.6 Å². The predicted octanol–water partition coefficient (Wildman–Crippen LogP) is 2.11. The maximum absolute atomic E-state index is 6.21. The number of aromatic nitrogens is 3. The molecule has 1 aliphatic rings. The molecule has 0 spiro atoms. The standard InChI is InChI=1S/C14H15ClN3O2/c1-11-7-19-14(20-11,8-18-10-16-9-17-18)6-12-4-2-3-5-13(12)15/h2,4-5,9-11H,6-8H2,1H3. The van der Waals surface area contributed by atoms with Gasteiger partial charge in [0, 0.05) is 11.4 Å². The third-order valence-corrected chi connectivity index (χ3v) is 3.58. The molecule has 3 rings (SSSR count). The van der Waals surface area contributed by atoms with Crippen LogP contribution in [0.1, 0.15) is 12.5 Å². The van der Waals surface area contributed by atoms with E-state index in [2.05, 4.69) is 16.1 Å². The Morgan fingerprint density at radius 1 is 1.60 bits per heavy atom. The Morgan fingerprint density at radius 3 is 3.15 bits per heavy atom. The SMILES string of the molecule is CC1COC(Cc2cc[c]cc2Cl)(Cn2cncn2)O1. The lowest BCUT2D eigenvalue weighted by Gasteiger charge is -2.28. The van der Waals surface area contributed by atoms with Crippen LogP contribution in [-0.4, -0.2) is 33.3 Å². The number of nitrogens with zero attached hydrogens (tertiary/aromatic N) is 3. The molecule has 1 aliphatic heterocycles. The van der Waals surface area contributed by atoms with Crippen molar-refractivity contribution in [2.24, 2.45) is 0 Å². The zero-order valence-electron chi connectivity index (χ0n) is 11.1. The summed E-state index contributed by atoms with van der Waals surface area (Å²) in [6.45, 7) is 3.03. The molecule has 0 N–H and O–H groups in total. The van der Waals surface area contributed by atoms with E-state index in [1.54, 1.807) is 17.1 Å². The second-order valence-corrected chi connectivity index (χ2v) is 5.34. The molecule has 6 heteroatoms. The fraction of sp³-hybridized carbons (Fsp3) is 0.429. The minimum Gasteiger partial charge on any atom is -0.345 e. The van der Waals surface area contributed by atoms with Gasteiger partial charge in [-0.1, -0.05) is 23.7 Å². The third kappa shape index (κ3) is 2.85. The molecule has 0 aliphatic carbocycles. The Kier molecular flexibility index (Phi) is 3.74. The van der Waals surface area contributed by atoms with Gasteiger partial charge in [-0.2, -0.15) is 5.10 Å². The van der Waals surface area contributed by atoms with Gasteiger partial charge in [0.2, 0.25) is 0 Å². The molecule has 2 heterocycles. The summed E-state index contributed by atoms with van der Waals surface area (Å²) >= 11 is 6.21. The maximum Gasteiger partial charge on any atom is 0.192 e. The van der Waals surface area contributed by atoms with Crippen molar-refractivity contribution < 1.29 is 9.47 Å². The smallest absolute Gasteiger partial charge is 0.192 e. The Hall–Kier alpha value is -1.43. The van der Waals surface area contributed by atoms with Crippen molar-refractivity contribution in [3.8, 4) is 0 Å². The fourth-order valence-corrected chi connectivity index (χ4v) is 2.57. The number of rotatable bonds is 4. The van der Waals surface area contributed by atoms with Crippen LogP contribution in [0.5, 0.6) is 0 Å². The van der Waals surface area contributed by atoms with Crippen molar-refractivity contribution in [3.63, 3.8) is 0 Å². The zero-order chi connectivity index (χ0) is 14.0. The molecule has 105 valence electrons. The first kappa shape index (κ1) is 13.5. The lowest BCUT2D eigenvalue weighted by molar-refractivity contribution is -0.176. The molecule has 2 unspecified atom stereocenters. The van der Waals surface area contributed by atoms with Gasteiger partial charge < -0.3 is 9.47 Å². The highest BCUT2D eigenvalue weighted by Gasteiger charge is 2.41. The van der Waals surface area contributed by atoms with Crippen molar-refractivity contribution in [3.05, 3.63) is 47.5 Å². The zero-order valence-corrected chi connectivity index (χ0v) is 11.9. The minimum atomic E-state index is -0.752. The van der Waals surface area contributed by atoms with Crippen LogP contribution < -0.4 is 0 Å². The lowest BCUT2D eigenvalue weighted by Crippen LogP contribution is -2.38. The summed E-state index contributed by atoms with van der Waals surface area (Å²) in [5.74, 6) is -0.752. The van der Waals surface area contributed by atoms with Gasteiger partial charge in [-0.05, 0) is 24.6 Å². The fourth-order valence-electron chi connectivity index (χ4n) is 2.37. The van der Waals surface area contributed by atoms with Gasteiger partial charge in [0.15, 0.2) is 5.79 Å². The molecule has 2 aromatic rings. The highest BCUT2D eigenvalue weighted by Crippen LogP contribution is 2.31. The van der Waals surface area contributed by atoms with E-state index in [0.29, 0.717) is 24.6 Å². The molecular weight excluding hydrogens is 278 g/mol. The first-order valence-corrected chi connectivity index (χ1v) is 6.83. The van der Waals surface area contributed by atoms with Crippen molar-refractivity contribution in [1.82, 2.24) is 14.8 Å². The number of hydrogen-bond donors (Lipinski definition) is 0. The predicted molar refractivity (Wildman–Crippen MR) is 73.2 cm³/mol. The summed E-state index contributed by atoms with van der Waals surface area (Å²) in [6.07, 6.45) is 3.76. The van der Waals surface area contributed by atoms with Crippen molar-refractivity contribution in [2.45, 2.75) is 31.8 Å². The van der Waals surface area contributed by atoms with Gasteiger partial charge in [0.25, 0.3) is 0 Å². The van der Waals surface area contributed by atoms with E-state index in [0.717, 1.165) is 5.56 Å². The highest BCUT2D eigenvalue weighted by molar-refractivity contribution is 6.31. The largest absolute Gasteiger partial charge is 0.345 e. The van der Waals surface area contributed by atoms with Gasteiger partial charge >= 0.3 is 0 Å². The van der Waals surface area contributed by atoms with E-state index in [4.69, 9.17) is 21.1 Å². The average molecular weight is 293 g/mol. The number of halogens is 1. The molecule has 0 saturated carbocycles. The number of ether oxygens (including phenoxy) is 2. The summed E-state index contributed by atoms with van der Waals surface area (Å²) < 4.78 is 13.6. The molecule has 1 fully saturated rings. The second-order valence-electron chi connectivity index (χ2n) is 4.94. The van der Waals surface area contributed by atoms with Crippen LogP contribution in [0.3, 0.4) is 0 Å². The first-order chi connectivity index (χ1) is 9.67. The molecule has 20 heavy (non-hydrogen) atoms. The van der Waals surface area contributed by atoms with Crippen LogP contribution in [0.25, 0.3) is 0 Å². The molecule has 1 aromatic carbocycles. The molecule has 1 radical (unpaired) electrons. The second kappa shape index (κ2) is 5.52. The van der Waals surface area contributed by atoms with Gasteiger partial charge in [-0.3, -0.25) is 0 Å². The van der Waals surface area contributed by atoms with Crippen LogP contribution in [0.15, 0.2) is 30.9 Å². The first-order valence-electron chi connectivity index (χ1n) is 6.45. The Morgan fingerprint density at radius 2 is 2.50 bits per heavy atom. The van der Waals surface area contributed by atoms with Crippen LogP contribution in [0.4, 0.5) is 0 Å². The van der Waals surface area contributed by atoms with E-state index >= 15 is 0 Å². The van der Waals surface area contributed by atoms with E-state index in [-0.39, 0.29) is 6.10 Å². The van der Waals surface area contributed by atoms with Crippen LogP contribution in [0.2, 0.25) is 5.02 Å². The van der Waals surface area contributed by atoms with Crippen molar-refractivity contribution in [2.75, 3.05) is 6.61 Å². The van der Waals surface area contributed by atoms with Crippen molar-refractivity contribution in [1.29, 1.82) is 0 Å². The van der Waals surface area contributed by atoms with E-state index in [9.17, 15) is 0 Å². The van der Waals surface area contributed by atoms with E-state index < -0.39 is 5.79 Å².